The Morgan fingerprint density at radius 1 is 1.10 bits per heavy atom. The molecule has 1 aromatic heterocycles. The lowest BCUT2D eigenvalue weighted by Crippen LogP contribution is -2.37. The summed E-state index contributed by atoms with van der Waals surface area (Å²) in [7, 11) is 2.09. The second kappa shape index (κ2) is 7.61. The van der Waals surface area contributed by atoms with Crippen molar-refractivity contribution in [3.8, 4) is 0 Å². The minimum absolute atomic E-state index is 0.492. The molecule has 1 nitrogen and oxygen atoms in total. The standard InChI is InChI=1S/C18H25NS/c1-4-14(2)18(15-9-6-5-7-10-15)17(19-3)13-16-11-8-12-20-16/h5-12,14,17-19H,4,13H2,1-3H3. The Hall–Kier alpha value is -1.12. The SMILES string of the molecule is CCC(C)C(c1ccccc1)C(Cc1cccs1)NC. The quantitative estimate of drug-likeness (QED) is 0.777. The van der Waals surface area contributed by atoms with Crippen LogP contribution in [0.2, 0.25) is 0 Å². The molecule has 3 unspecified atom stereocenters. The zero-order valence-corrected chi connectivity index (χ0v) is 13.5. The number of rotatable bonds is 7. The zero-order chi connectivity index (χ0) is 14.4. The van der Waals surface area contributed by atoms with E-state index in [0.717, 1.165) is 6.42 Å². The summed E-state index contributed by atoms with van der Waals surface area (Å²) in [4.78, 5) is 1.47. The zero-order valence-electron chi connectivity index (χ0n) is 12.7. The number of nitrogens with one attached hydrogen (secondary N) is 1. The monoisotopic (exact) mass is 287 g/mol. The number of hydrogen-bond donors (Lipinski definition) is 1. The van der Waals surface area contributed by atoms with Crippen LogP contribution in [0.1, 0.15) is 36.6 Å². The smallest absolute Gasteiger partial charge is 0.0184 e. The van der Waals surface area contributed by atoms with Gasteiger partial charge in [0, 0.05) is 16.8 Å². The first-order valence-corrected chi connectivity index (χ1v) is 8.38. The first kappa shape index (κ1) is 15.3. The van der Waals surface area contributed by atoms with Crippen molar-refractivity contribution in [1.29, 1.82) is 0 Å². The Labute approximate surface area is 127 Å². The molecule has 2 heteroatoms. The lowest BCUT2D eigenvalue weighted by atomic mass is 9.79. The van der Waals surface area contributed by atoms with Gasteiger partial charge in [0.05, 0.1) is 0 Å². The molecule has 20 heavy (non-hydrogen) atoms. The van der Waals surface area contributed by atoms with Crippen molar-refractivity contribution in [2.75, 3.05) is 7.05 Å². The molecule has 0 bridgehead atoms. The Bertz CT molecular complexity index is 477. The molecule has 3 atom stereocenters. The molecule has 1 heterocycles. The largest absolute Gasteiger partial charge is 0.316 e. The number of benzene rings is 1. The fourth-order valence-electron chi connectivity index (χ4n) is 2.94. The fourth-order valence-corrected chi connectivity index (χ4v) is 3.71. The third-order valence-electron chi connectivity index (χ3n) is 4.25. The van der Waals surface area contributed by atoms with E-state index < -0.39 is 0 Å². The highest BCUT2D eigenvalue weighted by Crippen LogP contribution is 2.32. The normalized spacial score (nSPS) is 15.8. The summed E-state index contributed by atoms with van der Waals surface area (Å²) in [6.45, 7) is 4.66. The van der Waals surface area contributed by atoms with Crippen molar-refractivity contribution in [1.82, 2.24) is 5.32 Å². The molecule has 2 aromatic rings. The summed E-state index contributed by atoms with van der Waals surface area (Å²) >= 11 is 1.86. The van der Waals surface area contributed by atoms with Crippen LogP contribution in [0.4, 0.5) is 0 Å². The highest BCUT2D eigenvalue weighted by atomic mass is 32.1. The van der Waals surface area contributed by atoms with Crippen molar-refractivity contribution in [2.24, 2.45) is 5.92 Å². The lowest BCUT2D eigenvalue weighted by Gasteiger charge is -2.32. The van der Waals surface area contributed by atoms with Gasteiger partial charge in [-0.1, -0.05) is 56.7 Å². The molecule has 0 saturated carbocycles. The number of thiophene rings is 1. The lowest BCUT2D eigenvalue weighted by molar-refractivity contribution is 0.347. The van der Waals surface area contributed by atoms with Crippen LogP contribution in [-0.4, -0.2) is 13.1 Å². The maximum atomic E-state index is 3.56. The van der Waals surface area contributed by atoms with E-state index in [2.05, 4.69) is 74.1 Å². The maximum absolute atomic E-state index is 3.56. The van der Waals surface area contributed by atoms with Crippen molar-refractivity contribution >= 4 is 11.3 Å². The van der Waals surface area contributed by atoms with Gasteiger partial charge in [-0.15, -0.1) is 11.3 Å². The van der Waals surface area contributed by atoms with Crippen molar-refractivity contribution in [3.05, 3.63) is 58.3 Å². The van der Waals surface area contributed by atoms with Gasteiger partial charge >= 0.3 is 0 Å². The van der Waals surface area contributed by atoms with Gasteiger partial charge in [-0.2, -0.15) is 0 Å². The molecule has 1 aromatic carbocycles. The van der Waals surface area contributed by atoms with Crippen molar-refractivity contribution in [3.63, 3.8) is 0 Å². The molecule has 2 rings (SSSR count). The van der Waals surface area contributed by atoms with E-state index >= 15 is 0 Å². The van der Waals surface area contributed by atoms with Gasteiger partial charge in [-0.25, -0.2) is 0 Å². The van der Waals surface area contributed by atoms with Gasteiger partial charge in [0.2, 0.25) is 0 Å². The Morgan fingerprint density at radius 2 is 1.85 bits per heavy atom. The third-order valence-corrected chi connectivity index (χ3v) is 5.15. The molecule has 0 fully saturated rings. The maximum Gasteiger partial charge on any atom is 0.0184 e. The summed E-state index contributed by atoms with van der Waals surface area (Å²) in [6, 6.07) is 15.8. The van der Waals surface area contributed by atoms with Gasteiger partial charge < -0.3 is 5.32 Å². The van der Waals surface area contributed by atoms with E-state index in [-0.39, 0.29) is 0 Å². The predicted molar refractivity (Wildman–Crippen MR) is 89.5 cm³/mol. The van der Waals surface area contributed by atoms with Crippen LogP contribution < -0.4 is 5.32 Å². The van der Waals surface area contributed by atoms with Crippen LogP contribution in [-0.2, 0) is 6.42 Å². The average Bonchev–Trinajstić information content (AvgIpc) is 3.00. The van der Waals surface area contributed by atoms with Crippen LogP contribution in [0, 0.1) is 5.92 Å². The van der Waals surface area contributed by atoms with E-state index in [4.69, 9.17) is 0 Å². The Balaban J connectivity index is 2.24. The minimum atomic E-state index is 0.492. The predicted octanol–water partition coefficient (Wildman–Crippen LogP) is 4.71. The molecule has 0 spiro atoms. The number of likely N-dealkylation sites (N-methyl/N-ethyl adjacent to an activating group) is 1. The Kier molecular flexibility index (Phi) is 5.81. The molecule has 0 aliphatic rings. The van der Waals surface area contributed by atoms with Gasteiger partial charge in [0.15, 0.2) is 0 Å². The summed E-state index contributed by atoms with van der Waals surface area (Å²) in [5.74, 6) is 1.24. The van der Waals surface area contributed by atoms with Crippen molar-refractivity contribution < 1.29 is 0 Å². The van der Waals surface area contributed by atoms with Crippen LogP contribution in [0.3, 0.4) is 0 Å². The summed E-state index contributed by atoms with van der Waals surface area (Å²) in [5.41, 5.74) is 1.46. The molecule has 108 valence electrons. The van der Waals surface area contributed by atoms with E-state index in [0.29, 0.717) is 17.9 Å². The molecule has 0 amide bonds. The topological polar surface area (TPSA) is 12.0 Å². The van der Waals surface area contributed by atoms with E-state index in [1.54, 1.807) is 0 Å². The molecule has 0 aliphatic carbocycles. The summed E-state index contributed by atoms with van der Waals surface area (Å²) in [6.07, 6.45) is 2.32. The second-order valence-electron chi connectivity index (χ2n) is 5.50. The first-order valence-electron chi connectivity index (χ1n) is 7.50. The fraction of sp³-hybridized carbons (Fsp3) is 0.444. The minimum Gasteiger partial charge on any atom is -0.316 e. The van der Waals surface area contributed by atoms with Gasteiger partial charge in [0.25, 0.3) is 0 Å². The van der Waals surface area contributed by atoms with Crippen molar-refractivity contribution in [2.45, 2.75) is 38.6 Å². The molecular weight excluding hydrogens is 262 g/mol. The van der Waals surface area contributed by atoms with Gasteiger partial charge in [-0.05, 0) is 36.4 Å². The van der Waals surface area contributed by atoms with E-state index in [1.165, 1.54) is 16.9 Å². The average molecular weight is 287 g/mol. The van der Waals surface area contributed by atoms with Gasteiger partial charge in [0.1, 0.15) is 0 Å². The molecule has 0 radical (unpaired) electrons. The second-order valence-corrected chi connectivity index (χ2v) is 6.53. The molecule has 1 N–H and O–H groups in total. The van der Waals surface area contributed by atoms with Crippen LogP contribution in [0.25, 0.3) is 0 Å². The Morgan fingerprint density at radius 3 is 2.40 bits per heavy atom. The highest BCUT2D eigenvalue weighted by molar-refractivity contribution is 7.09. The summed E-state index contributed by atoms with van der Waals surface area (Å²) in [5, 5.41) is 5.73. The molecule has 0 saturated heterocycles. The molecule has 0 aliphatic heterocycles. The van der Waals surface area contributed by atoms with Crippen LogP contribution in [0.15, 0.2) is 47.8 Å². The van der Waals surface area contributed by atoms with Crippen LogP contribution in [0.5, 0.6) is 0 Å². The number of hydrogen-bond acceptors (Lipinski definition) is 2. The highest BCUT2D eigenvalue weighted by Gasteiger charge is 2.26. The van der Waals surface area contributed by atoms with Crippen LogP contribution >= 0.6 is 11.3 Å². The van der Waals surface area contributed by atoms with E-state index in [9.17, 15) is 0 Å². The molecular formula is C18H25NS. The van der Waals surface area contributed by atoms with Gasteiger partial charge in [-0.3, -0.25) is 0 Å². The first-order chi connectivity index (χ1) is 9.76. The third kappa shape index (κ3) is 3.71. The van der Waals surface area contributed by atoms with E-state index in [1.807, 2.05) is 11.3 Å². The summed E-state index contributed by atoms with van der Waals surface area (Å²) < 4.78 is 0.